The van der Waals surface area contributed by atoms with E-state index in [-0.39, 0.29) is 5.56 Å². The molecule has 0 unspecified atom stereocenters. The van der Waals surface area contributed by atoms with E-state index in [2.05, 4.69) is 5.10 Å². The minimum absolute atomic E-state index is 0.108. The first-order valence-electron chi connectivity index (χ1n) is 6.45. The van der Waals surface area contributed by atoms with Gasteiger partial charge in [0.1, 0.15) is 0 Å². The normalized spacial score (nSPS) is 10.4. The summed E-state index contributed by atoms with van der Waals surface area (Å²) in [6.07, 6.45) is 0. The van der Waals surface area contributed by atoms with Gasteiger partial charge in [0, 0.05) is 24.2 Å². The van der Waals surface area contributed by atoms with Gasteiger partial charge in [-0.3, -0.25) is 4.79 Å². The van der Waals surface area contributed by atoms with Gasteiger partial charge in [0.2, 0.25) is 0 Å². The van der Waals surface area contributed by atoms with Crippen molar-refractivity contribution in [3.63, 3.8) is 0 Å². The molecule has 0 atom stereocenters. The smallest absolute Gasteiger partial charge is 0.267 e. The summed E-state index contributed by atoms with van der Waals surface area (Å²) >= 11 is 0. The molecule has 3 rings (SSSR count). The van der Waals surface area contributed by atoms with Gasteiger partial charge in [-0.1, -0.05) is 60.7 Å². The molecule has 1 heterocycles. The van der Waals surface area contributed by atoms with Crippen molar-refractivity contribution in [1.82, 2.24) is 9.78 Å². The maximum atomic E-state index is 11.9. The summed E-state index contributed by atoms with van der Waals surface area (Å²) in [5.41, 5.74) is 3.57. The number of hydrogen-bond donors (Lipinski definition) is 0. The fraction of sp³-hybridized carbons (Fsp3) is 0.0588. The summed E-state index contributed by atoms with van der Waals surface area (Å²) in [5, 5.41) is 4.42. The molecule has 2 aromatic carbocycles. The Morgan fingerprint density at radius 3 is 2.00 bits per heavy atom. The van der Waals surface area contributed by atoms with Crippen molar-refractivity contribution in [1.29, 1.82) is 0 Å². The molecule has 0 fully saturated rings. The van der Waals surface area contributed by atoms with Crippen molar-refractivity contribution in [2.75, 3.05) is 0 Å². The average Bonchev–Trinajstić information content (AvgIpc) is 2.51. The second kappa shape index (κ2) is 5.13. The Morgan fingerprint density at radius 1 is 0.850 bits per heavy atom. The van der Waals surface area contributed by atoms with Crippen molar-refractivity contribution in [3.8, 4) is 22.4 Å². The summed E-state index contributed by atoms with van der Waals surface area (Å²) in [7, 11) is 1.67. The highest BCUT2D eigenvalue weighted by Gasteiger charge is 2.11. The van der Waals surface area contributed by atoms with Gasteiger partial charge >= 0.3 is 0 Å². The van der Waals surface area contributed by atoms with Gasteiger partial charge in [-0.2, -0.15) is 5.10 Å². The lowest BCUT2D eigenvalue weighted by Crippen LogP contribution is -2.19. The van der Waals surface area contributed by atoms with Gasteiger partial charge in [-0.25, -0.2) is 4.68 Å². The largest absolute Gasteiger partial charge is 0.268 e. The van der Waals surface area contributed by atoms with Crippen LogP contribution in [0, 0.1) is 0 Å². The third-order valence-corrected chi connectivity index (χ3v) is 3.22. The van der Waals surface area contributed by atoms with Crippen LogP contribution in [0.2, 0.25) is 0 Å². The fourth-order valence-corrected chi connectivity index (χ4v) is 2.19. The van der Waals surface area contributed by atoms with Crippen LogP contribution in [0.5, 0.6) is 0 Å². The van der Waals surface area contributed by atoms with E-state index in [0.29, 0.717) is 0 Å². The van der Waals surface area contributed by atoms with Crippen molar-refractivity contribution >= 4 is 0 Å². The van der Waals surface area contributed by atoms with Crippen LogP contribution in [0.15, 0.2) is 71.5 Å². The number of nitrogens with zero attached hydrogens (tertiary/aromatic N) is 2. The molecule has 3 aromatic rings. The zero-order valence-electron chi connectivity index (χ0n) is 11.2. The molecule has 0 aliphatic rings. The van der Waals surface area contributed by atoms with E-state index in [1.807, 2.05) is 60.7 Å². The second-order valence-corrected chi connectivity index (χ2v) is 4.60. The quantitative estimate of drug-likeness (QED) is 0.711. The van der Waals surface area contributed by atoms with Crippen LogP contribution in [0.3, 0.4) is 0 Å². The molecule has 0 amide bonds. The molecule has 0 aliphatic carbocycles. The van der Waals surface area contributed by atoms with E-state index in [1.54, 1.807) is 13.1 Å². The predicted octanol–water partition coefficient (Wildman–Crippen LogP) is 3.11. The molecule has 3 nitrogen and oxygen atoms in total. The average molecular weight is 262 g/mol. The van der Waals surface area contributed by atoms with Gasteiger partial charge in [0.25, 0.3) is 5.56 Å². The van der Waals surface area contributed by atoms with Gasteiger partial charge in [0.05, 0.1) is 5.69 Å². The lowest BCUT2D eigenvalue weighted by Gasteiger charge is -2.10. The highest BCUT2D eigenvalue weighted by Crippen LogP contribution is 2.28. The molecule has 0 radical (unpaired) electrons. The van der Waals surface area contributed by atoms with Crippen LogP contribution in [-0.2, 0) is 7.05 Å². The number of aryl methyl sites for hydroxylation is 1. The Balaban J connectivity index is 2.29. The maximum absolute atomic E-state index is 11.9. The van der Waals surface area contributed by atoms with Crippen molar-refractivity contribution < 1.29 is 0 Å². The molecule has 3 heteroatoms. The number of hydrogen-bond acceptors (Lipinski definition) is 2. The highest BCUT2D eigenvalue weighted by molar-refractivity contribution is 5.80. The van der Waals surface area contributed by atoms with E-state index in [0.717, 1.165) is 22.4 Å². The molecule has 0 saturated heterocycles. The van der Waals surface area contributed by atoms with Crippen molar-refractivity contribution in [2.45, 2.75) is 0 Å². The van der Waals surface area contributed by atoms with Crippen molar-refractivity contribution in [3.05, 3.63) is 77.1 Å². The molecular weight excluding hydrogens is 248 g/mol. The Kier molecular flexibility index (Phi) is 3.17. The number of aromatic nitrogens is 2. The zero-order chi connectivity index (χ0) is 13.9. The van der Waals surface area contributed by atoms with Crippen LogP contribution in [0.25, 0.3) is 22.4 Å². The van der Waals surface area contributed by atoms with E-state index in [1.165, 1.54) is 4.68 Å². The first kappa shape index (κ1) is 12.4. The number of benzene rings is 2. The lowest BCUT2D eigenvalue weighted by molar-refractivity contribution is 0.713. The SMILES string of the molecule is Cn1nc(-c2ccccc2)c(-c2ccccc2)cc1=O. The third kappa shape index (κ3) is 2.26. The minimum Gasteiger partial charge on any atom is -0.268 e. The van der Waals surface area contributed by atoms with Gasteiger partial charge in [0.15, 0.2) is 0 Å². The third-order valence-electron chi connectivity index (χ3n) is 3.22. The first-order chi connectivity index (χ1) is 9.75. The molecule has 20 heavy (non-hydrogen) atoms. The standard InChI is InChI=1S/C17H14N2O/c1-19-16(20)12-15(13-8-4-2-5-9-13)17(18-19)14-10-6-3-7-11-14/h2-12H,1H3. The first-order valence-corrected chi connectivity index (χ1v) is 6.45. The Bertz CT molecular complexity index is 777. The molecule has 0 bridgehead atoms. The summed E-state index contributed by atoms with van der Waals surface area (Å²) in [4.78, 5) is 11.9. The topological polar surface area (TPSA) is 34.9 Å². The predicted molar refractivity (Wildman–Crippen MR) is 80.4 cm³/mol. The summed E-state index contributed by atoms with van der Waals surface area (Å²) in [5.74, 6) is 0. The van der Waals surface area contributed by atoms with Gasteiger partial charge in [-0.15, -0.1) is 0 Å². The lowest BCUT2D eigenvalue weighted by atomic mass is 10.0. The van der Waals surface area contributed by atoms with E-state index >= 15 is 0 Å². The highest BCUT2D eigenvalue weighted by atomic mass is 16.1. The summed E-state index contributed by atoms with van der Waals surface area (Å²) < 4.78 is 1.37. The van der Waals surface area contributed by atoms with Gasteiger partial charge < -0.3 is 0 Å². The molecule has 1 aromatic heterocycles. The fourth-order valence-electron chi connectivity index (χ4n) is 2.19. The van der Waals surface area contributed by atoms with E-state index in [9.17, 15) is 4.79 Å². The van der Waals surface area contributed by atoms with Gasteiger partial charge in [-0.05, 0) is 5.56 Å². The Hall–Kier alpha value is -2.68. The molecule has 98 valence electrons. The Morgan fingerprint density at radius 2 is 1.40 bits per heavy atom. The minimum atomic E-state index is -0.108. The molecular formula is C17H14N2O. The molecule has 0 spiro atoms. The second-order valence-electron chi connectivity index (χ2n) is 4.60. The summed E-state index contributed by atoms with van der Waals surface area (Å²) in [6.45, 7) is 0. The Labute approximate surface area is 117 Å². The molecule has 0 aliphatic heterocycles. The monoisotopic (exact) mass is 262 g/mol. The molecule has 0 saturated carbocycles. The summed E-state index contributed by atoms with van der Waals surface area (Å²) in [6, 6.07) is 21.4. The van der Waals surface area contributed by atoms with Crippen LogP contribution in [0.1, 0.15) is 0 Å². The van der Waals surface area contributed by atoms with E-state index in [4.69, 9.17) is 0 Å². The van der Waals surface area contributed by atoms with Crippen LogP contribution in [0.4, 0.5) is 0 Å². The van der Waals surface area contributed by atoms with Crippen LogP contribution >= 0.6 is 0 Å². The van der Waals surface area contributed by atoms with Crippen LogP contribution in [-0.4, -0.2) is 9.78 Å². The maximum Gasteiger partial charge on any atom is 0.267 e. The number of rotatable bonds is 2. The molecule has 0 N–H and O–H groups in total. The van der Waals surface area contributed by atoms with E-state index < -0.39 is 0 Å². The zero-order valence-corrected chi connectivity index (χ0v) is 11.2. The van der Waals surface area contributed by atoms with Crippen molar-refractivity contribution in [2.24, 2.45) is 7.05 Å². The van der Waals surface area contributed by atoms with Crippen LogP contribution < -0.4 is 5.56 Å².